The molecule has 0 bridgehead atoms. The normalized spacial score (nSPS) is 11.9. The van der Waals surface area contributed by atoms with Crippen molar-refractivity contribution in [1.29, 1.82) is 0 Å². The zero-order valence-corrected chi connectivity index (χ0v) is 9.31. The van der Waals surface area contributed by atoms with E-state index in [9.17, 15) is 14.9 Å². The number of para-hydroxylation sites is 2. The molecule has 86 valence electrons. The highest BCUT2D eigenvalue weighted by Gasteiger charge is 2.21. The maximum atomic E-state index is 10.9. The summed E-state index contributed by atoms with van der Waals surface area (Å²) in [6.07, 6.45) is -0.503. The lowest BCUT2D eigenvalue weighted by molar-refractivity contribution is -0.386. The molecule has 0 radical (unpaired) electrons. The average Bonchev–Trinajstić information content (AvgIpc) is 2.25. The number of nitrogens with zero attached hydrogens (tertiary/aromatic N) is 1. The Morgan fingerprint density at radius 2 is 2.19 bits per heavy atom. The summed E-state index contributed by atoms with van der Waals surface area (Å²) in [4.78, 5) is 21.0. The van der Waals surface area contributed by atoms with Crippen molar-refractivity contribution < 1.29 is 14.5 Å². The molecule has 0 aliphatic heterocycles. The third kappa shape index (κ3) is 2.93. The van der Waals surface area contributed by atoms with Crippen LogP contribution in [0.4, 0.5) is 5.69 Å². The van der Waals surface area contributed by atoms with Crippen LogP contribution in [0.2, 0.25) is 0 Å². The van der Waals surface area contributed by atoms with E-state index in [4.69, 9.17) is 16.3 Å². The summed E-state index contributed by atoms with van der Waals surface area (Å²) in [7, 11) is 0. The predicted octanol–water partition coefficient (Wildman–Crippen LogP) is 2.52. The molecule has 1 aromatic carbocycles. The molecule has 1 atom stereocenters. The minimum atomic E-state index is -0.859. The van der Waals surface area contributed by atoms with E-state index in [-0.39, 0.29) is 11.4 Å². The molecule has 0 saturated carbocycles. The molecule has 0 N–H and O–H groups in total. The highest BCUT2D eigenvalue weighted by atomic mass is 35.5. The van der Waals surface area contributed by atoms with Crippen LogP contribution < -0.4 is 4.74 Å². The number of nitro benzene ring substituents is 1. The average molecular weight is 244 g/mol. The van der Waals surface area contributed by atoms with Crippen LogP contribution in [0.15, 0.2) is 24.3 Å². The molecule has 6 heteroatoms. The smallest absolute Gasteiger partial charge is 0.310 e. The van der Waals surface area contributed by atoms with Gasteiger partial charge < -0.3 is 4.74 Å². The Morgan fingerprint density at radius 3 is 2.69 bits per heavy atom. The fourth-order valence-electron chi connectivity index (χ4n) is 1.15. The predicted molar refractivity (Wildman–Crippen MR) is 58.7 cm³/mol. The van der Waals surface area contributed by atoms with Crippen molar-refractivity contribution >= 4 is 22.5 Å². The molecule has 0 spiro atoms. The Bertz CT molecular complexity index is 408. The minimum absolute atomic E-state index is 0.0494. The van der Waals surface area contributed by atoms with Gasteiger partial charge in [-0.25, -0.2) is 0 Å². The fraction of sp³-hybridized carbons (Fsp3) is 0.300. The molecule has 1 rings (SSSR count). The van der Waals surface area contributed by atoms with Gasteiger partial charge in [-0.3, -0.25) is 14.9 Å². The molecule has 1 aromatic rings. The summed E-state index contributed by atoms with van der Waals surface area (Å²) in [5.41, 5.74) is -0.182. The third-order valence-electron chi connectivity index (χ3n) is 1.96. The Balaban J connectivity index is 2.95. The number of carbonyl (C=O) groups excluding carboxylic acids is 1. The topological polar surface area (TPSA) is 69.4 Å². The van der Waals surface area contributed by atoms with Crippen LogP contribution in [0.3, 0.4) is 0 Å². The van der Waals surface area contributed by atoms with E-state index in [1.165, 1.54) is 18.2 Å². The lowest BCUT2D eigenvalue weighted by Gasteiger charge is -2.12. The van der Waals surface area contributed by atoms with Gasteiger partial charge in [0.15, 0.2) is 11.9 Å². The summed E-state index contributed by atoms with van der Waals surface area (Å²) in [5, 5.41) is 10.0. The lowest BCUT2D eigenvalue weighted by Crippen LogP contribution is -2.22. The molecular weight excluding hydrogens is 234 g/mol. The van der Waals surface area contributed by atoms with Gasteiger partial charge in [0.2, 0.25) is 0 Å². The van der Waals surface area contributed by atoms with Crippen LogP contribution in [-0.4, -0.2) is 16.3 Å². The third-order valence-corrected chi connectivity index (χ3v) is 2.20. The first-order valence-electron chi connectivity index (χ1n) is 4.65. The summed E-state index contributed by atoms with van der Waals surface area (Å²) in [6, 6.07) is 5.85. The van der Waals surface area contributed by atoms with Crippen LogP contribution in [0.1, 0.15) is 13.3 Å². The summed E-state index contributed by atoms with van der Waals surface area (Å²) in [5.74, 6) is 0.0494. The Morgan fingerprint density at radius 1 is 1.56 bits per heavy atom. The maximum Gasteiger partial charge on any atom is 0.310 e. The van der Waals surface area contributed by atoms with Gasteiger partial charge in [-0.2, -0.15) is 0 Å². The summed E-state index contributed by atoms with van der Waals surface area (Å²) < 4.78 is 5.19. The van der Waals surface area contributed by atoms with E-state index >= 15 is 0 Å². The number of hydrogen-bond acceptors (Lipinski definition) is 4. The molecule has 0 aliphatic carbocycles. The molecule has 0 unspecified atom stereocenters. The second kappa shape index (κ2) is 5.46. The van der Waals surface area contributed by atoms with E-state index < -0.39 is 16.3 Å². The zero-order chi connectivity index (χ0) is 12.1. The fourth-order valence-corrected chi connectivity index (χ4v) is 1.35. The van der Waals surface area contributed by atoms with Gasteiger partial charge in [-0.1, -0.05) is 19.1 Å². The monoisotopic (exact) mass is 243 g/mol. The van der Waals surface area contributed by atoms with E-state index in [2.05, 4.69) is 0 Å². The van der Waals surface area contributed by atoms with Crippen molar-refractivity contribution in [2.75, 3.05) is 0 Å². The number of ether oxygens (including phenoxy) is 1. The molecule has 0 amide bonds. The van der Waals surface area contributed by atoms with E-state index in [1.54, 1.807) is 13.0 Å². The first kappa shape index (κ1) is 12.4. The number of hydrogen-bond donors (Lipinski definition) is 0. The second-order valence-electron chi connectivity index (χ2n) is 3.04. The summed E-state index contributed by atoms with van der Waals surface area (Å²) in [6.45, 7) is 1.71. The molecule has 0 heterocycles. The Labute approximate surface area is 97.1 Å². The largest absolute Gasteiger partial charge is 0.474 e. The van der Waals surface area contributed by atoms with E-state index in [1.807, 2.05) is 0 Å². The van der Waals surface area contributed by atoms with Gasteiger partial charge in [0.1, 0.15) is 0 Å². The number of benzene rings is 1. The van der Waals surface area contributed by atoms with Gasteiger partial charge in [0, 0.05) is 6.07 Å². The van der Waals surface area contributed by atoms with Gasteiger partial charge in [0.05, 0.1) is 4.92 Å². The number of halogens is 1. The van der Waals surface area contributed by atoms with Gasteiger partial charge in [-0.15, -0.1) is 0 Å². The molecule has 5 nitrogen and oxygen atoms in total. The highest BCUT2D eigenvalue weighted by molar-refractivity contribution is 6.64. The van der Waals surface area contributed by atoms with Gasteiger partial charge in [-0.05, 0) is 24.1 Å². The molecule has 0 aromatic heterocycles. The molecular formula is C10H10ClNO4. The van der Waals surface area contributed by atoms with Gasteiger partial charge >= 0.3 is 5.69 Å². The Hall–Kier alpha value is -1.62. The Kier molecular flexibility index (Phi) is 4.25. The van der Waals surface area contributed by atoms with Crippen molar-refractivity contribution in [3.63, 3.8) is 0 Å². The second-order valence-corrected chi connectivity index (χ2v) is 3.42. The van der Waals surface area contributed by atoms with Gasteiger partial charge in [0.25, 0.3) is 5.24 Å². The highest BCUT2D eigenvalue weighted by Crippen LogP contribution is 2.27. The molecule has 0 aliphatic rings. The number of carbonyl (C=O) groups is 1. The molecule has 0 saturated heterocycles. The van der Waals surface area contributed by atoms with E-state index in [0.29, 0.717) is 6.42 Å². The van der Waals surface area contributed by atoms with Crippen molar-refractivity contribution in [2.45, 2.75) is 19.4 Å². The lowest BCUT2D eigenvalue weighted by atomic mass is 10.2. The number of rotatable bonds is 5. The minimum Gasteiger partial charge on any atom is -0.474 e. The van der Waals surface area contributed by atoms with Crippen LogP contribution in [0, 0.1) is 10.1 Å². The SMILES string of the molecule is CC[C@@H](Oc1ccccc1[N+](=O)[O-])C(=O)Cl. The maximum absolute atomic E-state index is 10.9. The van der Waals surface area contributed by atoms with Crippen molar-refractivity contribution in [2.24, 2.45) is 0 Å². The van der Waals surface area contributed by atoms with Crippen LogP contribution in [0.25, 0.3) is 0 Å². The zero-order valence-electron chi connectivity index (χ0n) is 8.55. The van der Waals surface area contributed by atoms with Crippen LogP contribution in [0.5, 0.6) is 5.75 Å². The quantitative estimate of drug-likeness (QED) is 0.453. The van der Waals surface area contributed by atoms with Crippen molar-refractivity contribution in [3.05, 3.63) is 34.4 Å². The van der Waals surface area contributed by atoms with Crippen LogP contribution in [-0.2, 0) is 4.79 Å². The van der Waals surface area contributed by atoms with Crippen molar-refractivity contribution in [3.8, 4) is 5.75 Å². The van der Waals surface area contributed by atoms with Crippen LogP contribution >= 0.6 is 11.6 Å². The van der Waals surface area contributed by atoms with E-state index in [0.717, 1.165) is 0 Å². The first-order valence-corrected chi connectivity index (χ1v) is 5.03. The first-order chi connectivity index (χ1) is 7.56. The summed E-state index contributed by atoms with van der Waals surface area (Å²) >= 11 is 5.29. The van der Waals surface area contributed by atoms with Crippen molar-refractivity contribution in [1.82, 2.24) is 0 Å². The molecule has 0 fully saturated rings. The standard InChI is InChI=1S/C10H10ClNO4/c1-2-8(10(11)13)16-9-6-4-3-5-7(9)12(14)15/h3-6,8H,2H2,1H3/t8-/m1/s1. The number of nitro groups is 1. The molecule has 16 heavy (non-hydrogen) atoms.